The first-order valence-electron chi connectivity index (χ1n) is 4.84. The molecule has 90 valence electrons. The van der Waals surface area contributed by atoms with Crippen LogP contribution in [0.15, 0.2) is 11.4 Å². The number of likely N-dealkylation sites (N-methyl/N-ethyl adjacent to an activating group) is 1. The van der Waals surface area contributed by atoms with Gasteiger partial charge < -0.3 is 5.32 Å². The summed E-state index contributed by atoms with van der Waals surface area (Å²) in [5, 5.41) is 4.30. The van der Waals surface area contributed by atoms with E-state index < -0.39 is 6.04 Å². The Balaban J connectivity index is 2.05. The molecule has 1 atom stereocenters. The van der Waals surface area contributed by atoms with Crippen molar-refractivity contribution < 1.29 is 14.4 Å². The summed E-state index contributed by atoms with van der Waals surface area (Å²) in [5.41, 5.74) is 0.522. The second-order valence-corrected chi connectivity index (χ2v) is 6.47. The van der Waals surface area contributed by atoms with E-state index in [-0.39, 0.29) is 24.1 Å². The molecule has 0 aliphatic carbocycles. The molecule has 0 saturated carbocycles. The number of thiophene rings is 1. The molecule has 1 saturated heterocycles. The lowest BCUT2D eigenvalue weighted by Crippen LogP contribution is -2.40. The van der Waals surface area contributed by atoms with E-state index in [2.05, 4.69) is 27.9 Å². The van der Waals surface area contributed by atoms with Crippen molar-refractivity contribution in [2.45, 2.75) is 12.5 Å². The summed E-state index contributed by atoms with van der Waals surface area (Å²) in [6.45, 7) is 0. The van der Waals surface area contributed by atoms with Crippen LogP contribution in [0.4, 0.5) is 0 Å². The second kappa shape index (κ2) is 4.73. The van der Waals surface area contributed by atoms with Gasteiger partial charge in [0.15, 0.2) is 0 Å². The number of nitrogens with zero attached hydrogens (tertiary/aromatic N) is 1. The number of amides is 3. The Morgan fingerprint density at radius 1 is 1.59 bits per heavy atom. The fraction of sp³-hybridized carbons (Fsp3) is 0.300. The van der Waals surface area contributed by atoms with Gasteiger partial charge in [0.25, 0.3) is 11.8 Å². The highest BCUT2D eigenvalue weighted by Crippen LogP contribution is 2.17. The lowest BCUT2D eigenvalue weighted by Gasteiger charge is -2.10. The van der Waals surface area contributed by atoms with Gasteiger partial charge in [0, 0.05) is 12.4 Å². The highest BCUT2D eigenvalue weighted by atomic mass is 127. The van der Waals surface area contributed by atoms with Gasteiger partial charge in [-0.25, -0.2) is 0 Å². The van der Waals surface area contributed by atoms with Crippen LogP contribution in [-0.4, -0.2) is 35.7 Å². The molecule has 1 aliphatic rings. The zero-order valence-electron chi connectivity index (χ0n) is 8.90. The molecule has 0 radical (unpaired) electrons. The van der Waals surface area contributed by atoms with E-state index in [0.29, 0.717) is 5.56 Å². The van der Waals surface area contributed by atoms with Crippen molar-refractivity contribution in [2.75, 3.05) is 7.05 Å². The average molecular weight is 364 g/mol. The van der Waals surface area contributed by atoms with E-state index in [0.717, 1.165) is 7.78 Å². The van der Waals surface area contributed by atoms with Crippen LogP contribution in [0.5, 0.6) is 0 Å². The summed E-state index contributed by atoms with van der Waals surface area (Å²) in [4.78, 5) is 35.7. The molecule has 3 amide bonds. The second-order valence-electron chi connectivity index (χ2n) is 3.66. The van der Waals surface area contributed by atoms with E-state index in [1.54, 1.807) is 11.4 Å². The van der Waals surface area contributed by atoms with Crippen molar-refractivity contribution in [1.82, 2.24) is 10.2 Å². The molecular weight excluding hydrogens is 355 g/mol. The summed E-state index contributed by atoms with van der Waals surface area (Å²) in [6.07, 6.45) is 0.0440. The molecule has 0 spiro atoms. The van der Waals surface area contributed by atoms with Crippen molar-refractivity contribution in [3.8, 4) is 0 Å². The molecule has 1 aromatic heterocycles. The van der Waals surface area contributed by atoms with Crippen LogP contribution in [0.1, 0.15) is 16.8 Å². The first-order valence-corrected chi connectivity index (χ1v) is 6.80. The number of imide groups is 1. The van der Waals surface area contributed by atoms with Crippen LogP contribution in [0.3, 0.4) is 0 Å². The molecule has 1 unspecified atom stereocenters. The SMILES string of the molecule is CN1C(=O)CC(NC(=O)c2csc(I)c2)C1=O. The molecule has 0 bridgehead atoms. The first-order chi connectivity index (χ1) is 7.99. The van der Waals surface area contributed by atoms with Crippen molar-refractivity contribution in [1.29, 1.82) is 0 Å². The standard InChI is InChI=1S/C10H9IN2O3S/c1-13-8(14)3-6(10(13)16)12-9(15)5-2-7(11)17-4-5/h2,4,6H,3H2,1H3,(H,12,15). The van der Waals surface area contributed by atoms with Gasteiger partial charge >= 0.3 is 0 Å². The monoisotopic (exact) mass is 364 g/mol. The minimum absolute atomic E-state index is 0.0440. The van der Waals surface area contributed by atoms with Crippen LogP contribution >= 0.6 is 33.9 Å². The number of nitrogens with one attached hydrogen (secondary N) is 1. The van der Waals surface area contributed by atoms with Crippen LogP contribution < -0.4 is 5.32 Å². The van der Waals surface area contributed by atoms with Gasteiger partial charge in [-0.05, 0) is 28.7 Å². The fourth-order valence-electron chi connectivity index (χ4n) is 1.54. The topological polar surface area (TPSA) is 66.5 Å². The minimum atomic E-state index is -0.724. The Bertz CT molecular complexity index is 499. The lowest BCUT2D eigenvalue weighted by atomic mass is 10.2. The Morgan fingerprint density at radius 2 is 2.29 bits per heavy atom. The molecule has 2 heterocycles. The number of hydrogen-bond acceptors (Lipinski definition) is 4. The molecule has 7 heteroatoms. The highest BCUT2D eigenvalue weighted by molar-refractivity contribution is 14.1. The van der Waals surface area contributed by atoms with Crippen LogP contribution in [0.2, 0.25) is 0 Å². The van der Waals surface area contributed by atoms with Gasteiger partial charge in [0.05, 0.1) is 14.9 Å². The molecular formula is C10H9IN2O3S. The largest absolute Gasteiger partial charge is 0.340 e. The summed E-state index contributed by atoms with van der Waals surface area (Å²) < 4.78 is 0.999. The number of carbonyl (C=O) groups is 3. The molecule has 1 N–H and O–H groups in total. The van der Waals surface area contributed by atoms with Crippen molar-refractivity contribution >= 4 is 51.6 Å². The van der Waals surface area contributed by atoms with Gasteiger partial charge in [-0.15, -0.1) is 11.3 Å². The summed E-state index contributed by atoms with van der Waals surface area (Å²) in [5.74, 6) is -0.931. The number of likely N-dealkylation sites (tertiary alicyclic amines) is 1. The molecule has 5 nitrogen and oxygen atoms in total. The van der Waals surface area contributed by atoms with E-state index in [4.69, 9.17) is 0 Å². The molecule has 1 aromatic rings. The third-order valence-corrected chi connectivity index (χ3v) is 4.31. The van der Waals surface area contributed by atoms with Crippen molar-refractivity contribution in [3.05, 3.63) is 19.9 Å². The zero-order chi connectivity index (χ0) is 12.6. The predicted octanol–water partition coefficient (Wildman–Crippen LogP) is 0.840. The maximum absolute atomic E-state index is 11.8. The van der Waals surface area contributed by atoms with E-state index in [1.807, 2.05) is 0 Å². The third-order valence-electron chi connectivity index (χ3n) is 2.52. The maximum atomic E-state index is 11.8. The first kappa shape index (κ1) is 12.5. The average Bonchev–Trinajstić information content (AvgIpc) is 2.80. The van der Waals surface area contributed by atoms with Crippen molar-refractivity contribution in [3.63, 3.8) is 0 Å². The van der Waals surface area contributed by atoms with Gasteiger partial charge in [-0.2, -0.15) is 0 Å². The smallest absolute Gasteiger partial charge is 0.252 e. The Kier molecular flexibility index (Phi) is 3.48. The van der Waals surface area contributed by atoms with Gasteiger partial charge in [0.2, 0.25) is 5.91 Å². The van der Waals surface area contributed by atoms with Crippen LogP contribution in [0, 0.1) is 2.88 Å². The molecule has 1 fully saturated rings. The lowest BCUT2D eigenvalue weighted by molar-refractivity contribution is -0.137. The molecule has 17 heavy (non-hydrogen) atoms. The molecule has 2 rings (SSSR count). The fourth-order valence-corrected chi connectivity index (χ4v) is 2.87. The van der Waals surface area contributed by atoms with Crippen LogP contribution in [0.25, 0.3) is 0 Å². The maximum Gasteiger partial charge on any atom is 0.252 e. The number of rotatable bonds is 2. The van der Waals surface area contributed by atoms with E-state index in [1.165, 1.54) is 18.4 Å². The Morgan fingerprint density at radius 3 is 2.76 bits per heavy atom. The quantitative estimate of drug-likeness (QED) is 0.625. The van der Waals surface area contributed by atoms with Crippen LogP contribution in [-0.2, 0) is 9.59 Å². The highest BCUT2D eigenvalue weighted by Gasteiger charge is 2.37. The Labute approximate surface area is 115 Å². The van der Waals surface area contributed by atoms with E-state index >= 15 is 0 Å². The summed E-state index contributed by atoms with van der Waals surface area (Å²) in [7, 11) is 1.42. The normalized spacial score (nSPS) is 19.9. The molecule has 0 aromatic carbocycles. The molecule has 1 aliphatic heterocycles. The number of hydrogen-bond donors (Lipinski definition) is 1. The predicted molar refractivity (Wildman–Crippen MR) is 70.7 cm³/mol. The number of carbonyl (C=O) groups excluding carboxylic acids is 3. The Hall–Kier alpha value is -0.960. The van der Waals surface area contributed by atoms with Gasteiger partial charge in [-0.3, -0.25) is 19.3 Å². The van der Waals surface area contributed by atoms with Gasteiger partial charge in [-0.1, -0.05) is 0 Å². The third kappa shape index (κ3) is 2.49. The zero-order valence-corrected chi connectivity index (χ0v) is 11.9. The summed E-state index contributed by atoms with van der Waals surface area (Å²) in [6, 6.07) is 1.02. The van der Waals surface area contributed by atoms with E-state index in [9.17, 15) is 14.4 Å². The number of halogens is 1. The summed E-state index contributed by atoms with van der Waals surface area (Å²) >= 11 is 3.57. The van der Waals surface area contributed by atoms with Crippen molar-refractivity contribution in [2.24, 2.45) is 0 Å². The minimum Gasteiger partial charge on any atom is -0.340 e. The van der Waals surface area contributed by atoms with Gasteiger partial charge in [0.1, 0.15) is 6.04 Å².